The number of hydrogen-bond acceptors (Lipinski definition) is 6. The van der Waals surface area contributed by atoms with Crippen LogP contribution in [0.15, 0.2) is 78.0 Å². The Bertz CT molecular complexity index is 1060. The number of benzene rings is 3. The van der Waals surface area contributed by atoms with E-state index in [1.54, 1.807) is 48.5 Å². The van der Waals surface area contributed by atoms with Gasteiger partial charge in [0.25, 0.3) is 0 Å². The number of carbonyl (C=O) groups is 1. The molecule has 0 radical (unpaired) electrons. The van der Waals surface area contributed by atoms with E-state index in [9.17, 15) is 9.90 Å². The molecule has 0 fully saturated rings. The molecule has 0 saturated heterocycles. The van der Waals surface area contributed by atoms with Crippen LogP contribution in [0.25, 0.3) is 0 Å². The van der Waals surface area contributed by atoms with E-state index >= 15 is 0 Å². The predicted molar refractivity (Wildman–Crippen MR) is 119 cm³/mol. The predicted octanol–water partition coefficient (Wildman–Crippen LogP) is 5.04. The van der Waals surface area contributed by atoms with Crippen LogP contribution in [0.5, 0.6) is 11.5 Å². The highest BCUT2D eigenvalue weighted by Crippen LogP contribution is 2.36. The number of aliphatic hydroxyl groups excluding tert-OH is 1. The van der Waals surface area contributed by atoms with E-state index in [-0.39, 0.29) is 16.4 Å². The van der Waals surface area contributed by atoms with Gasteiger partial charge in [-0.2, -0.15) is 0 Å². The Balaban J connectivity index is 1.84. The summed E-state index contributed by atoms with van der Waals surface area (Å²) < 4.78 is 10.4. The average molecular weight is 441 g/mol. The third-order valence-electron chi connectivity index (χ3n) is 4.38. The van der Waals surface area contributed by atoms with Crippen LogP contribution in [-0.2, 0) is 4.84 Å². The highest BCUT2D eigenvalue weighted by atomic mass is 35.5. The van der Waals surface area contributed by atoms with Crippen molar-refractivity contribution >= 4 is 29.1 Å². The fourth-order valence-electron chi connectivity index (χ4n) is 2.84. The van der Waals surface area contributed by atoms with Crippen LogP contribution in [-0.4, -0.2) is 31.1 Å². The lowest BCUT2D eigenvalue weighted by atomic mass is 9.99. The second-order valence-corrected chi connectivity index (χ2v) is 6.75. The van der Waals surface area contributed by atoms with Gasteiger partial charge >= 0.3 is 6.09 Å². The van der Waals surface area contributed by atoms with Crippen molar-refractivity contribution in [2.24, 2.45) is 5.16 Å². The summed E-state index contributed by atoms with van der Waals surface area (Å²) in [5.41, 5.74) is 1.68. The maximum Gasteiger partial charge on any atom is 0.437 e. The molecule has 31 heavy (non-hydrogen) atoms. The van der Waals surface area contributed by atoms with Crippen molar-refractivity contribution < 1.29 is 24.2 Å². The molecule has 0 aliphatic rings. The van der Waals surface area contributed by atoms with E-state index in [1.807, 2.05) is 12.1 Å². The lowest BCUT2D eigenvalue weighted by Crippen LogP contribution is -2.17. The van der Waals surface area contributed by atoms with Crippen LogP contribution in [0, 0.1) is 0 Å². The van der Waals surface area contributed by atoms with E-state index in [1.165, 1.54) is 26.4 Å². The molecule has 0 aliphatic carbocycles. The zero-order chi connectivity index (χ0) is 22.2. The summed E-state index contributed by atoms with van der Waals surface area (Å²) in [5.74, 6) is 0.725. The number of oxime groups is 1. The Labute approximate surface area is 184 Å². The zero-order valence-electron chi connectivity index (χ0n) is 16.9. The highest BCUT2D eigenvalue weighted by molar-refractivity contribution is 6.32. The number of hydrogen-bond donors (Lipinski definition) is 2. The van der Waals surface area contributed by atoms with Crippen LogP contribution in [0.3, 0.4) is 0 Å². The van der Waals surface area contributed by atoms with Gasteiger partial charge in [-0.05, 0) is 11.6 Å². The van der Waals surface area contributed by atoms with Gasteiger partial charge in [0.2, 0.25) is 0 Å². The minimum Gasteiger partial charge on any atom is -0.495 e. The number of halogens is 1. The normalized spacial score (nSPS) is 12.1. The molecular formula is C23H21ClN2O5. The summed E-state index contributed by atoms with van der Waals surface area (Å²) in [5, 5.41) is 17.6. The maximum atomic E-state index is 12.4. The molecule has 2 N–H and O–H groups in total. The second kappa shape index (κ2) is 10.5. The molecular weight excluding hydrogens is 420 g/mol. The van der Waals surface area contributed by atoms with Crippen molar-refractivity contribution in [3.8, 4) is 11.5 Å². The molecule has 0 aromatic heterocycles. The van der Waals surface area contributed by atoms with Gasteiger partial charge in [-0.15, -0.1) is 0 Å². The smallest absolute Gasteiger partial charge is 0.437 e. The molecule has 0 spiro atoms. The summed E-state index contributed by atoms with van der Waals surface area (Å²) in [6.07, 6.45) is -1.98. The first-order valence-corrected chi connectivity index (χ1v) is 9.67. The molecule has 3 aromatic carbocycles. The van der Waals surface area contributed by atoms with Crippen molar-refractivity contribution in [2.75, 3.05) is 19.5 Å². The Kier molecular flexibility index (Phi) is 7.48. The third kappa shape index (κ3) is 5.53. The SMILES string of the molecule is COc1cc(OC)c(NC(=O)ON=C(c2ccccc2)C(O)c2ccccc2)cc1Cl. The Hall–Kier alpha value is -3.55. The number of nitrogens with one attached hydrogen (secondary N) is 1. The van der Waals surface area contributed by atoms with Crippen molar-refractivity contribution in [2.45, 2.75) is 6.10 Å². The van der Waals surface area contributed by atoms with E-state index in [4.69, 9.17) is 25.9 Å². The number of rotatable bonds is 7. The second-order valence-electron chi connectivity index (χ2n) is 6.35. The van der Waals surface area contributed by atoms with E-state index in [2.05, 4.69) is 10.5 Å². The van der Waals surface area contributed by atoms with Crippen LogP contribution in [0.2, 0.25) is 5.02 Å². The van der Waals surface area contributed by atoms with Gasteiger partial charge in [-0.3, -0.25) is 10.2 Å². The molecule has 160 valence electrons. The molecule has 0 aliphatic heterocycles. The Morgan fingerprint density at radius 1 is 0.968 bits per heavy atom. The summed E-state index contributed by atoms with van der Waals surface area (Å²) in [4.78, 5) is 17.4. The fourth-order valence-corrected chi connectivity index (χ4v) is 3.08. The maximum absolute atomic E-state index is 12.4. The quantitative estimate of drug-likeness (QED) is 0.305. The van der Waals surface area contributed by atoms with E-state index in [0.29, 0.717) is 22.6 Å². The summed E-state index contributed by atoms with van der Waals surface area (Å²) in [7, 11) is 2.92. The first-order valence-electron chi connectivity index (χ1n) is 9.29. The number of methoxy groups -OCH3 is 2. The van der Waals surface area contributed by atoms with Gasteiger partial charge < -0.3 is 14.6 Å². The number of nitrogens with zero attached hydrogens (tertiary/aromatic N) is 1. The molecule has 7 nitrogen and oxygen atoms in total. The topological polar surface area (TPSA) is 89.4 Å². The molecule has 3 rings (SSSR count). The molecule has 1 unspecified atom stereocenters. The fraction of sp³-hybridized carbons (Fsp3) is 0.130. The summed E-state index contributed by atoms with van der Waals surface area (Å²) in [6.45, 7) is 0. The standard InChI is InChI=1S/C23H21ClN2O5/c1-29-19-14-20(30-2)18(13-17(19)24)25-23(28)31-26-21(15-9-5-3-6-10-15)22(27)16-11-7-4-8-12-16/h3-14,22,27H,1-2H3,(H,25,28). The number of ether oxygens (including phenoxy) is 2. The van der Waals surface area contributed by atoms with Crippen LogP contribution in [0.4, 0.5) is 10.5 Å². The van der Waals surface area contributed by atoms with Crippen LogP contribution < -0.4 is 14.8 Å². The van der Waals surface area contributed by atoms with Crippen molar-refractivity contribution in [3.05, 3.63) is 88.9 Å². The van der Waals surface area contributed by atoms with Crippen molar-refractivity contribution in [3.63, 3.8) is 0 Å². The lowest BCUT2D eigenvalue weighted by Gasteiger charge is -2.15. The van der Waals surface area contributed by atoms with E-state index in [0.717, 1.165) is 0 Å². The average Bonchev–Trinajstić information content (AvgIpc) is 2.80. The molecule has 1 atom stereocenters. The number of carbonyl (C=O) groups excluding carboxylic acids is 1. The minimum absolute atomic E-state index is 0.182. The van der Waals surface area contributed by atoms with Gasteiger partial charge in [0, 0.05) is 11.6 Å². The molecule has 8 heteroatoms. The molecule has 3 aromatic rings. The zero-order valence-corrected chi connectivity index (χ0v) is 17.7. The summed E-state index contributed by atoms with van der Waals surface area (Å²) >= 11 is 6.13. The van der Waals surface area contributed by atoms with Gasteiger partial charge in [0.1, 0.15) is 23.3 Å². The first kappa shape index (κ1) is 22.1. The van der Waals surface area contributed by atoms with Crippen LogP contribution >= 0.6 is 11.6 Å². The van der Waals surface area contributed by atoms with Crippen LogP contribution in [0.1, 0.15) is 17.2 Å². The lowest BCUT2D eigenvalue weighted by molar-refractivity contribution is 0.162. The first-order chi connectivity index (χ1) is 15.0. The van der Waals surface area contributed by atoms with Crippen molar-refractivity contribution in [1.82, 2.24) is 0 Å². The van der Waals surface area contributed by atoms with Crippen molar-refractivity contribution in [1.29, 1.82) is 0 Å². The van der Waals surface area contributed by atoms with Gasteiger partial charge in [-0.1, -0.05) is 77.4 Å². The molecule has 0 bridgehead atoms. The monoisotopic (exact) mass is 440 g/mol. The minimum atomic E-state index is -1.10. The number of aliphatic hydroxyl groups is 1. The molecule has 1 amide bonds. The van der Waals surface area contributed by atoms with Gasteiger partial charge in [0.05, 0.1) is 24.9 Å². The van der Waals surface area contributed by atoms with E-state index < -0.39 is 12.2 Å². The highest BCUT2D eigenvalue weighted by Gasteiger charge is 2.19. The Morgan fingerprint density at radius 3 is 2.19 bits per heavy atom. The largest absolute Gasteiger partial charge is 0.495 e. The molecule has 0 heterocycles. The van der Waals surface area contributed by atoms with Gasteiger partial charge in [-0.25, -0.2) is 4.79 Å². The summed E-state index contributed by atoms with van der Waals surface area (Å²) in [6, 6.07) is 20.9. The third-order valence-corrected chi connectivity index (χ3v) is 4.68. The Morgan fingerprint density at radius 2 is 1.58 bits per heavy atom. The number of anilines is 1. The van der Waals surface area contributed by atoms with Gasteiger partial charge in [0.15, 0.2) is 0 Å². The molecule has 0 saturated carbocycles. The number of amides is 1.